The van der Waals surface area contributed by atoms with Gasteiger partial charge in [-0.15, -0.1) is 0 Å². The van der Waals surface area contributed by atoms with Crippen molar-refractivity contribution in [2.75, 3.05) is 19.6 Å². The minimum atomic E-state index is -0.637. The molecule has 1 heterocycles. The number of aliphatic hydroxyl groups is 1. The van der Waals surface area contributed by atoms with Crippen molar-refractivity contribution < 1.29 is 5.11 Å². The van der Waals surface area contributed by atoms with E-state index in [1.54, 1.807) is 0 Å². The molecule has 5 N–H and O–H groups in total. The Kier molecular flexibility index (Phi) is 4.53. The summed E-state index contributed by atoms with van der Waals surface area (Å²) in [5.41, 5.74) is 5.23. The van der Waals surface area contributed by atoms with E-state index in [1.165, 1.54) is 0 Å². The average Bonchev–Trinajstić information content (AvgIpc) is 2.05. The minimum Gasteiger partial charge on any atom is -0.379 e. The molecule has 0 spiro atoms. The Bertz CT molecular complexity index is 113. The van der Waals surface area contributed by atoms with E-state index < -0.39 is 6.23 Å². The first-order chi connectivity index (χ1) is 5.79. The Morgan fingerprint density at radius 1 is 1.50 bits per heavy atom. The Hall–Kier alpha value is -0.160. The van der Waals surface area contributed by atoms with Gasteiger partial charge in [0.2, 0.25) is 0 Å². The lowest BCUT2D eigenvalue weighted by Gasteiger charge is -2.24. The van der Waals surface area contributed by atoms with E-state index in [-0.39, 0.29) is 0 Å². The summed E-state index contributed by atoms with van der Waals surface area (Å²) < 4.78 is 0. The molecular weight excluding hydrogens is 154 g/mol. The minimum absolute atomic E-state index is 0.567. The van der Waals surface area contributed by atoms with Crippen LogP contribution in [0, 0.1) is 0 Å². The van der Waals surface area contributed by atoms with Gasteiger partial charge < -0.3 is 21.5 Å². The fourth-order valence-corrected chi connectivity index (χ4v) is 1.49. The second-order valence-electron chi connectivity index (χ2n) is 3.35. The molecule has 1 rings (SSSR count). The van der Waals surface area contributed by atoms with Gasteiger partial charge in [0.25, 0.3) is 0 Å². The maximum atomic E-state index is 8.82. The summed E-state index contributed by atoms with van der Waals surface area (Å²) in [6.45, 7) is 3.16. The fourth-order valence-electron chi connectivity index (χ4n) is 1.49. The third-order valence-electron chi connectivity index (χ3n) is 2.18. The van der Waals surface area contributed by atoms with Crippen LogP contribution in [0.3, 0.4) is 0 Å². The summed E-state index contributed by atoms with van der Waals surface area (Å²) in [7, 11) is 0. The van der Waals surface area contributed by atoms with Crippen molar-refractivity contribution in [3.05, 3.63) is 0 Å². The molecule has 4 nitrogen and oxygen atoms in total. The zero-order valence-electron chi connectivity index (χ0n) is 7.42. The molecule has 1 aliphatic heterocycles. The predicted molar refractivity (Wildman–Crippen MR) is 48.7 cm³/mol. The van der Waals surface area contributed by atoms with Crippen molar-refractivity contribution >= 4 is 0 Å². The van der Waals surface area contributed by atoms with E-state index in [0.29, 0.717) is 12.5 Å². The molecule has 0 saturated carbocycles. The van der Waals surface area contributed by atoms with Crippen molar-refractivity contribution in [1.82, 2.24) is 10.6 Å². The number of piperazine rings is 1. The summed E-state index contributed by atoms with van der Waals surface area (Å²) >= 11 is 0. The van der Waals surface area contributed by atoms with Gasteiger partial charge in [0, 0.05) is 25.7 Å². The van der Waals surface area contributed by atoms with Gasteiger partial charge in [-0.1, -0.05) is 0 Å². The fraction of sp³-hybridized carbons (Fsp3) is 1.00. The van der Waals surface area contributed by atoms with E-state index in [2.05, 4.69) is 10.6 Å². The van der Waals surface area contributed by atoms with E-state index in [0.717, 1.165) is 32.5 Å². The van der Waals surface area contributed by atoms with Crippen LogP contribution in [0.1, 0.15) is 19.3 Å². The third kappa shape index (κ3) is 4.01. The van der Waals surface area contributed by atoms with Gasteiger partial charge >= 0.3 is 0 Å². The maximum Gasteiger partial charge on any atom is 0.102 e. The van der Waals surface area contributed by atoms with Crippen molar-refractivity contribution in [1.29, 1.82) is 0 Å². The number of hydrogen-bond donors (Lipinski definition) is 4. The first-order valence-corrected chi connectivity index (χ1v) is 4.67. The van der Waals surface area contributed by atoms with E-state index in [1.807, 2.05) is 0 Å². The Morgan fingerprint density at radius 2 is 2.33 bits per heavy atom. The number of nitrogens with one attached hydrogen (secondary N) is 2. The summed E-state index contributed by atoms with van der Waals surface area (Å²) in [5.74, 6) is 0. The lowest BCUT2D eigenvalue weighted by atomic mass is 10.1. The van der Waals surface area contributed by atoms with Crippen LogP contribution >= 0.6 is 0 Å². The van der Waals surface area contributed by atoms with Gasteiger partial charge in [-0.3, -0.25) is 0 Å². The molecule has 2 atom stereocenters. The van der Waals surface area contributed by atoms with Gasteiger partial charge in [-0.2, -0.15) is 0 Å². The molecule has 72 valence electrons. The zero-order valence-corrected chi connectivity index (χ0v) is 7.42. The lowest BCUT2D eigenvalue weighted by Crippen LogP contribution is -2.48. The highest BCUT2D eigenvalue weighted by molar-refractivity contribution is 4.75. The summed E-state index contributed by atoms with van der Waals surface area (Å²) in [4.78, 5) is 0. The lowest BCUT2D eigenvalue weighted by molar-refractivity contribution is 0.166. The van der Waals surface area contributed by atoms with Crippen molar-refractivity contribution in [3.8, 4) is 0 Å². The number of rotatable bonds is 4. The topological polar surface area (TPSA) is 70.3 Å². The third-order valence-corrected chi connectivity index (χ3v) is 2.18. The molecule has 0 aromatic heterocycles. The molecule has 0 amide bonds. The van der Waals surface area contributed by atoms with Crippen LogP contribution in [0.4, 0.5) is 0 Å². The van der Waals surface area contributed by atoms with Gasteiger partial charge in [0.05, 0.1) is 0 Å². The molecule has 1 aliphatic rings. The van der Waals surface area contributed by atoms with Crippen LogP contribution in [0.25, 0.3) is 0 Å². The normalized spacial score (nSPS) is 27.0. The highest BCUT2D eigenvalue weighted by atomic mass is 16.3. The largest absolute Gasteiger partial charge is 0.379 e. The second kappa shape index (κ2) is 5.48. The molecule has 1 fully saturated rings. The van der Waals surface area contributed by atoms with Crippen LogP contribution in [-0.4, -0.2) is 37.0 Å². The highest BCUT2D eigenvalue weighted by Gasteiger charge is 2.11. The number of nitrogens with two attached hydrogens (primary N) is 1. The maximum absolute atomic E-state index is 8.82. The summed E-state index contributed by atoms with van der Waals surface area (Å²) in [6.07, 6.45) is 2.16. The molecule has 4 heteroatoms. The molecule has 0 radical (unpaired) electrons. The van der Waals surface area contributed by atoms with Gasteiger partial charge in [0.15, 0.2) is 0 Å². The van der Waals surface area contributed by atoms with E-state index in [9.17, 15) is 0 Å². The smallest absolute Gasteiger partial charge is 0.102 e. The molecule has 0 aliphatic carbocycles. The first kappa shape index (κ1) is 9.92. The standard InChI is InChI=1S/C8H19N3O/c9-8(12)3-1-2-7-6-10-4-5-11-7/h7-8,10-12H,1-6,9H2. The van der Waals surface area contributed by atoms with Gasteiger partial charge in [-0.25, -0.2) is 0 Å². The van der Waals surface area contributed by atoms with Crippen molar-refractivity contribution in [2.45, 2.75) is 31.5 Å². The molecule has 12 heavy (non-hydrogen) atoms. The van der Waals surface area contributed by atoms with Crippen LogP contribution in [0.5, 0.6) is 0 Å². The zero-order chi connectivity index (χ0) is 8.81. The molecule has 1 saturated heterocycles. The molecule has 0 aromatic rings. The average molecular weight is 173 g/mol. The van der Waals surface area contributed by atoms with Crippen LogP contribution in [0.15, 0.2) is 0 Å². The quantitative estimate of drug-likeness (QED) is 0.411. The molecular formula is C8H19N3O. The Morgan fingerprint density at radius 3 is 2.92 bits per heavy atom. The Labute approximate surface area is 73.5 Å². The van der Waals surface area contributed by atoms with Crippen molar-refractivity contribution in [3.63, 3.8) is 0 Å². The monoisotopic (exact) mass is 173 g/mol. The summed E-state index contributed by atoms with van der Waals surface area (Å²) in [6, 6.07) is 0.567. The van der Waals surface area contributed by atoms with Crippen LogP contribution < -0.4 is 16.4 Å². The SMILES string of the molecule is NC(O)CCCC1CNCCN1. The molecule has 2 unspecified atom stereocenters. The van der Waals surface area contributed by atoms with Crippen LogP contribution in [-0.2, 0) is 0 Å². The number of hydrogen-bond acceptors (Lipinski definition) is 4. The van der Waals surface area contributed by atoms with Crippen LogP contribution in [0.2, 0.25) is 0 Å². The van der Waals surface area contributed by atoms with E-state index in [4.69, 9.17) is 10.8 Å². The number of aliphatic hydroxyl groups excluding tert-OH is 1. The molecule has 0 bridgehead atoms. The van der Waals surface area contributed by atoms with E-state index >= 15 is 0 Å². The highest BCUT2D eigenvalue weighted by Crippen LogP contribution is 2.02. The second-order valence-corrected chi connectivity index (χ2v) is 3.35. The Balaban J connectivity index is 1.98. The van der Waals surface area contributed by atoms with Gasteiger partial charge in [-0.05, 0) is 19.3 Å². The molecule has 0 aromatic carbocycles. The summed E-state index contributed by atoms with van der Waals surface area (Å²) in [5, 5.41) is 15.5. The first-order valence-electron chi connectivity index (χ1n) is 4.67. The van der Waals surface area contributed by atoms with Gasteiger partial charge in [0.1, 0.15) is 6.23 Å². The predicted octanol–water partition coefficient (Wildman–Crippen LogP) is -1.00. The van der Waals surface area contributed by atoms with Crippen molar-refractivity contribution in [2.24, 2.45) is 5.73 Å².